The molecule has 0 N–H and O–H groups in total. The first kappa shape index (κ1) is 31.2. The van der Waals surface area contributed by atoms with Gasteiger partial charge >= 0.3 is 0 Å². The maximum Gasteiger partial charge on any atom is 0.0540 e. The summed E-state index contributed by atoms with van der Waals surface area (Å²) in [4.78, 5) is 4.76. The highest BCUT2D eigenvalue weighted by atomic mass is 15.1. The minimum absolute atomic E-state index is 1.14. The summed E-state index contributed by atoms with van der Waals surface area (Å²) < 4.78 is 0. The van der Waals surface area contributed by atoms with Crippen molar-refractivity contribution >= 4 is 55.7 Å². The van der Waals surface area contributed by atoms with Gasteiger partial charge in [-0.2, -0.15) is 0 Å². The number of hydrogen-bond acceptors (Lipinski definition) is 2. The minimum atomic E-state index is 1.14. The Morgan fingerprint density at radius 2 is 0.520 bits per heavy atom. The molecule has 0 saturated heterocycles. The van der Waals surface area contributed by atoms with Crippen LogP contribution in [0.1, 0.15) is 22.3 Å². The molecule has 0 spiro atoms. The van der Waals surface area contributed by atoms with Gasteiger partial charge in [0, 0.05) is 33.5 Å². The van der Waals surface area contributed by atoms with E-state index in [2.05, 4.69) is 207 Å². The van der Waals surface area contributed by atoms with Crippen LogP contribution in [-0.2, 0) is 0 Å². The van der Waals surface area contributed by atoms with Crippen LogP contribution in [0.25, 0.3) is 32.7 Å². The summed E-state index contributed by atoms with van der Waals surface area (Å²) in [5.74, 6) is 0. The first-order valence-corrected chi connectivity index (χ1v) is 17.4. The number of aryl methyl sites for hydroxylation is 4. The second-order valence-electron chi connectivity index (χ2n) is 13.4. The van der Waals surface area contributed by atoms with Gasteiger partial charge in [0.05, 0.1) is 11.4 Å². The van der Waals surface area contributed by atoms with Crippen LogP contribution >= 0.6 is 0 Å². The summed E-state index contributed by atoms with van der Waals surface area (Å²) >= 11 is 0. The molecule has 50 heavy (non-hydrogen) atoms. The van der Waals surface area contributed by atoms with Crippen LogP contribution in [-0.4, -0.2) is 0 Å². The average molecular weight is 645 g/mol. The molecule has 0 atom stereocenters. The first-order chi connectivity index (χ1) is 24.4. The summed E-state index contributed by atoms with van der Waals surface area (Å²) in [5, 5.41) is 4.86. The Labute approximate surface area is 295 Å². The van der Waals surface area contributed by atoms with E-state index >= 15 is 0 Å². The molecular weight excluding hydrogens is 605 g/mol. The predicted molar refractivity (Wildman–Crippen MR) is 215 cm³/mol. The van der Waals surface area contributed by atoms with E-state index in [-0.39, 0.29) is 0 Å². The molecule has 0 unspecified atom stereocenters. The third-order valence-corrected chi connectivity index (χ3v) is 9.74. The van der Waals surface area contributed by atoms with Crippen molar-refractivity contribution in [3.05, 3.63) is 192 Å². The van der Waals surface area contributed by atoms with Crippen LogP contribution in [0.2, 0.25) is 0 Å². The van der Waals surface area contributed by atoms with E-state index in [1.807, 2.05) is 0 Å². The number of nitrogens with zero attached hydrogens (tertiary/aromatic N) is 2. The second-order valence-corrected chi connectivity index (χ2v) is 13.4. The van der Waals surface area contributed by atoms with Crippen LogP contribution in [0.3, 0.4) is 0 Å². The van der Waals surface area contributed by atoms with Crippen molar-refractivity contribution in [2.45, 2.75) is 27.7 Å². The van der Waals surface area contributed by atoms with Gasteiger partial charge in [0.15, 0.2) is 0 Å². The van der Waals surface area contributed by atoms with E-state index in [9.17, 15) is 0 Å². The quantitative estimate of drug-likeness (QED) is 0.170. The fourth-order valence-corrected chi connectivity index (χ4v) is 7.06. The van der Waals surface area contributed by atoms with Gasteiger partial charge in [-0.1, -0.05) is 131 Å². The van der Waals surface area contributed by atoms with Gasteiger partial charge in [0.2, 0.25) is 0 Å². The van der Waals surface area contributed by atoms with Crippen molar-refractivity contribution in [3.63, 3.8) is 0 Å². The third kappa shape index (κ3) is 5.80. The van der Waals surface area contributed by atoms with Gasteiger partial charge in [-0.3, -0.25) is 0 Å². The molecule has 0 heterocycles. The lowest BCUT2D eigenvalue weighted by Crippen LogP contribution is -2.11. The van der Waals surface area contributed by atoms with Crippen molar-refractivity contribution in [2.75, 3.05) is 9.80 Å². The molecule has 0 aliphatic heterocycles. The zero-order chi connectivity index (χ0) is 34.2. The number of anilines is 6. The van der Waals surface area contributed by atoms with E-state index in [1.54, 1.807) is 0 Å². The Morgan fingerprint density at radius 1 is 0.260 bits per heavy atom. The number of benzene rings is 8. The standard InChI is InChI=1S/C48H40N2/c1-33-13-21-37(22-14-33)49(38-23-15-34(2)16-24-38)47-31-29-43(41-9-5-7-11-45(41)47)44-30-32-48(46-12-8-6-10-42(44)46)50(39-25-17-35(3)18-26-39)40-27-19-36(4)20-28-40/h5-32H,1-4H3. The molecule has 8 rings (SSSR count). The first-order valence-electron chi connectivity index (χ1n) is 17.4. The molecule has 2 heteroatoms. The molecule has 0 amide bonds. The Morgan fingerprint density at radius 3 is 0.800 bits per heavy atom. The van der Waals surface area contributed by atoms with Crippen LogP contribution in [0.15, 0.2) is 170 Å². The Hall–Kier alpha value is -6.12. The van der Waals surface area contributed by atoms with Crippen molar-refractivity contribution in [1.29, 1.82) is 0 Å². The molecule has 0 fully saturated rings. The van der Waals surface area contributed by atoms with Gasteiger partial charge in [-0.05, 0) is 110 Å². The molecule has 0 aliphatic rings. The van der Waals surface area contributed by atoms with Gasteiger partial charge in [0.1, 0.15) is 0 Å². The summed E-state index contributed by atoms with van der Waals surface area (Å²) in [5.41, 5.74) is 14.3. The van der Waals surface area contributed by atoms with Gasteiger partial charge < -0.3 is 9.80 Å². The lowest BCUT2D eigenvalue weighted by Gasteiger charge is -2.29. The molecule has 8 aromatic rings. The molecule has 0 bridgehead atoms. The van der Waals surface area contributed by atoms with Crippen molar-refractivity contribution in [3.8, 4) is 11.1 Å². The van der Waals surface area contributed by atoms with Crippen molar-refractivity contribution in [2.24, 2.45) is 0 Å². The maximum atomic E-state index is 2.38. The normalized spacial score (nSPS) is 11.2. The van der Waals surface area contributed by atoms with Crippen molar-refractivity contribution in [1.82, 2.24) is 0 Å². The Bertz CT molecular complexity index is 2170. The van der Waals surface area contributed by atoms with Gasteiger partial charge in [-0.25, -0.2) is 0 Å². The minimum Gasteiger partial charge on any atom is -0.310 e. The van der Waals surface area contributed by atoms with Crippen LogP contribution in [0.4, 0.5) is 34.1 Å². The van der Waals surface area contributed by atoms with Crippen molar-refractivity contribution < 1.29 is 0 Å². The van der Waals surface area contributed by atoms with Gasteiger partial charge in [0.25, 0.3) is 0 Å². The fraction of sp³-hybridized carbons (Fsp3) is 0.0833. The number of hydrogen-bond donors (Lipinski definition) is 0. The molecule has 0 radical (unpaired) electrons. The number of rotatable bonds is 7. The van der Waals surface area contributed by atoms with Crippen LogP contribution < -0.4 is 9.80 Å². The monoisotopic (exact) mass is 644 g/mol. The average Bonchev–Trinajstić information content (AvgIpc) is 3.15. The SMILES string of the molecule is Cc1ccc(N(c2ccc(C)cc2)c2ccc(-c3ccc(N(c4ccc(C)cc4)c4ccc(C)cc4)c4ccccc34)c3ccccc23)cc1. The van der Waals surface area contributed by atoms with E-state index in [0.29, 0.717) is 0 Å². The summed E-state index contributed by atoms with van der Waals surface area (Å²) in [6.45, 7) is 8.56. The molecular formula is C48H40N2. The van der Waals surface area contributed by atoms with E-state index in [0.717, 1.165) is 34.1 Å². The summed E-state index contributed by atoms with van der Waals surface area (Å²) in [6, 6.07) is 62.2. The third-order valence-electron chi connectivity index (χ3n) is 9.74. The zero-order valence-corrected chi connectivity index (χ0v) is 29.1. The predicted octanol–water partition coefficient (Wildman–Crippen LogP) is 13.8. The van der Waals surface area contributed by atoms with Gasteiger partial charge in [-0.15, -0.1) is 0 Å². The maximum absolute atomic E-state index is 2.38. The topological polar surface area (TPSA) is 6.48 Å². The van der Waals surface area contributed by atoms with E-state index in [1.165, 1.54) is 54.9 Å². The molecule has 2 nitrogen and oxygen atoms in total. The zero-order valence-electron chi connectivity index (χ0n) is 29.1. The largest absolute Gasteiger partial charge is 0.310 e. The number of fused-ring (bicyclic) bond motifs is 2. The molecule has 0 aliphatic carbocycles. The molecule has 8 aromatic carbocycles. The fourth-order valence-electron chi connectivity index (χ4n) is 7.06. The Kier molecular flexibility index (Phi) is 8.14. The second kappa shape index (κ2) is 13.1. The summed E-state index contributed by atoms with van der Waals surface area (Å²) in [6.07, 6.45) is 0. The molecule has 0 saturated carbocycles. The van der Waals surface area contributed by atoms with Crippen LogP contribution in [0, 0.1) is 27.7 Å². The molecule has 0 aromatic heterocycles. The highest BCUT2D eigenvalue weighted by Crippen LogP contribution is 2.46. The van der Waals surface area contributed by atoms with Crippen LogP contribution in [0.5, 0.6) is 0 Å². The molecule has 242 valence electrons. The lowest BCUT2D eigenvalue weighted by atomic mass is 9.92. The lowest BCUT2D eigenvalue weighted by molar-refractivity contribution is 1.28. The smallest absolute Gasteiger partial charge is 0.0540 e. The van der Waals surface area contributed by atoms with E-state index in [4.69, 9.17) is 0 Å². The highest BCUT2D eigenvalue weighted by Gasteiger charge is 2.20. The van der Waals surface area contributed by atoms with E-state index < -0.39 is 0 Å². The summed E-state index contributed by atoms with van der Waals surface area (Å²) in [7, 11) is 0. The highest BCUT2D eigenvalue weighted by molar-refractivity contribution is 6.13. The Balaban J connectivity index is 1.32.